The minimum absolute atomic E-state index is 0.0856. The Bertz CT molecular complexity index is 1150. The minimum atomic E-state index is -1.02. The molecule has 0 aromatic heterocycles. The number of methoxy groups -OCH3 is 1. The van der Waals surface area contributed by atoms with Crippen molar-refractivity contribution in [3.8, 4) is 0 Å². The first kappa shape index (κ1) is 30.7. The summed E-state index contributed by atoms with van der Waals surface area (Å²) in [6.07, 6.45) is 3.17. The fourth-order valence-corrected chi connectivity index (χ4v) is 5.37. The molecule has 1 unspecified atom stereocenters. The minimum Gasteiger partial charge on any atom is -0.453 e. The molecule has 216 valence electrons. The Kier molecular flexibility index (Phi) is 11.1. The Balaban J connectivity index is 1.67. The monoisotopic (exact) mass is 549 g/mol. The fraction of sp³-hybridized carbons (Fsp3) is 0.484. The average molecular weight is 550 g/mol. The van der Waals surface area contributed by atoms with Crippen LogP contribution in [-0.2, 0) is 26.3 Å². The smallest absolute Gasteiger partial charge is 0.407 e. The van der Waals surface area contributed by atoms with Crippen LogP contribution in [0.25, 0.3) is 0 Å². The molecule has 2 aromatic carbocycles. The molecule has 0 fully saturated rings. The Morgan fingerprint density at radius 1 is 1.05 bits per heavy atom. The van der Waals surface area contributed by atoms with Crippen molar-refractivity contribution in [1.29, 1.82) is 0 Å². The van der Waals surface area contributed by atoms with Gasteiger partial charge in [0.15, 0.2) is 11.5 Å². The quantitative estimate of drug-likeness (QED) is 0.306. The first-order valence-corrected chi connectivity index (χ1v) is 14.1. The van der Waals surface area contributed by atoms with Crippen LogP contribution in [0.3, 0.4) is 0 Å². The summed E-state index contributed by atoms with van der Waals surface area (Å²) >= 11 is 0. The molecule has 0 bridgehead atoms. The summed E-state index contributed by atoms with van der Waals surface area (Å²) in [4.78, 5) is 45.4. The van der Waals surface area contributed by atoms with Crippen LogP contribution in [-0.4, -0.2) is 54.5 Å². The first-order chi connectivity index (χ1) is 19.2. The number of rotatable bonds is 14. The third-order valence-electron chi connectivity index (χ3n) is 7.16. The van der Waals surface area contributed by atoms with Gasteiger partial charge in [0.2, 0.25) is 5.91 Å². The van der Waals surface area contributed by atoms with Gasteiger partial charge in [-0.2, -0.15) is 0 Å². The van der Waals surface area contributed by atoms with Gasteiger partial charge in [-0.15, -0.1) is 0 Å². The fourth-order valence-electron chi connectivity index (χ4n) is 5.37. The number of guanidine groups is 1. The zero-order valence-corrected chi connectivity index (χ0v) is 24.1. The molecule has 4 N–H and O–H groups in total. The van der Waals surface area contributed by atoms with E-state index in [0.29, 0.717) is 32.2 Å². The summed E-state index contributed by atoms with van der Waals surface area (Å²) < 4.78 is 4.71. The number of hydrogen-bond acceptors (Lipinski definition) is 6. The van der Waals surface area contributed by atoms with E-state index >= 15 is 0 Å². The largest absolute Gasteiger partial charge is 0.453 e. The number of alkyl carbamates (subject to hydrolysis) is 1. The number of hydrogen-bond donors (Lipinski definition) is 3. The number of nitrogens with zero attached hydrogens (tertiary/aromatic N) is 2. The zero-order chi connectivity index (χ0) is 29.1. The van der Waals surface area contributed by atoms with Gasteiger partial charge in [-0.3, -0.25) is 14.5 Å². The van der Waals surface area contributed by atoms with E-state index < -0.39 is 17.7 Å². The predicted molar refractivity (Wildman–Crippen MR) is 156 cm³/mol. The maximum atomic E-state index is 14.0. The lowest BCUT2D eigenvalue weighted by Gasteiger charge is -2.32. The summed E-state index contributed by atoms with van der Waals surface area (Å²) in [6.45, 7) is 6.63. The van der Waals surface area contributed by atoms with Crippen LogP contribution < -0.4 is 16.4 Å². The molecule has 1 heterocycles. The van der Waals surface area contributed by atoms with Crippen molar-refractivity contribution in [2.75, 3.05) is 13.7 Å². The molecule has 1 aliphatic heterocycles. The van der Waals surface area contributed by atoms with E-state index in [1.807, 2.05) is 60.7 Å². The zero-order valence-electron chi connectivity index (χ0n) is 24.1. The van der Waals surface area contributed by atoms with Crippen molar-refractivity contribution < 1.29 is 19.1 Å². The average Bonchev–Trinajstić information content (AvgIpc) is 3.19. The summed E-state index contributed by atoms with van der Waals surface area (Å²) in [6, 6.07) is 18.2. The van der Waals surface area contributed by atoms with Crippen LogP contribution in [0.15, 0.2) is 65.7 Å². The number of benzene rings is 2. The van der Waals surface area contributed by atoms with Crippen molar-refractivity contribution in [3.05, 3.63) is 71.8 Å². The van der Waals surface area contributed by atoms with Gasteiger partial charge in [0, 0.05) is 19.0 Å². The highest BCUT2D eigenvalue weighted by Gasteiger charge is 2.50. The van der Waals surface area contributed by atoms with Crippen LogP contribution in [0, 0.1) is 5.92 Å². The van der Waals surface area contributed by atoms with Crippen molar-refractivity contribution in [2.45, 2.75) is 76.9 Å². The van der Waals surface area contributed by atoms with Crippen LogP contribution in [0.1, 0.15) is 64.0 Å². The van der Waals surface area contributed by atoms with E-state index in [0.717, 1.165) is 24.0 Å². The lowest BCUT2D eigenvalue weighted by molar-refractivity contribution is -0.134. The highest BCUT2D eigenvalue weighted by atomic mass is 16.5. The number of carbonyl (C=O) groups is 3. The molecule has 3 amide bonds. The van der Waals surface area contributed by atoms with Crippen molar-refractivity contribution in [3.63, 3.8) is 0 Å². The number of aliphatic imine (C=N–C) groups is 1. The predicted octanol–water partition coefficient (Wildman–Crippen LogP) is 4.12. The third kappa shape index (κ3) is 7.61. The van der Waals surface area contributed by atoms with Crippen LogP contribution in [0.2, 0.25) is 0 Å². The summed E-state index contributed by atoms with van der Waals surface area (Å²) in [5.41, 5.74) is 7.20. The number of ether oxygens (including phenoxy) is 1. The van der Waals surface area contributed by atoms with Gasteiger partial charge in [0.05, 0.1) is 7.11 Å². The van der Waals surface area contributed by atoms with E-state index in [9.17, 15) is 14.4 Å². The topological polar surface area (TPSA) is 126 Å². The maximum Gasteiger partial charge on any atom is 0.407 e. The molecule has 1 aliphatic rings. The molecule has 40 heavy (non-hydrogen) atoms. The number of nitrogens with one attached hydrogen (secondary N) is 2. The van der Waals surface area contributed by atoms with Crippen molar-refractivity contribution in [1.82, 2.24) is 15.5 Å². The molecular formula is C31H43N5O4. The molecule has 3 rings (SSSR count). The number of nitrogens with two attached hydrogens (primary N) is 1. The lowest BCUT2D eigenvalue weighted by Crippen LogP contribution is -2.50. The Labute approximate surface area is 237 Å². The van der Waals surface area contributed by atoms with E-state index in [2.05, 4.69) is 31.4 Å². The molecule has 2 aromatic rings. The second kappa shape index (κ2) is 14.5. The molecule has 0 aliphatic carbocycles. The van der Waals surface area contributed by atoms with Gasteiger partial charge >= 0.3 is 6.09 Å². The van der Waals surface area contributed by atoms with Gasteiger partial charge < -0.3 is 21.1 Å². The van der Waals surface area contributed by atoms with Crippen molar-refractivity contribution in [2.24, 2.45) is 16.6 Å². The molecule has 9 nitrogen and oxygen atoms in total. The molecule has 0 spiro atoms. The molecule has 0 radical (unpaired) electrons. The lowest BCUT2D eigenvalue weighted by atomic mass is 9.82. The van der Waals surface area contributed by atoms with E-state index in [4.69, 9.17) is 15.5 Å². The summed E-state index contributed by atoms with van der Waals surface area (Å²) in [7, 11) is 1.27. The molecule has 0 saturated heterocycles. The third-order valence-corrected chi connectivity index (χ3v) is 7.16. The van der Waals surface area contributed by atoms with Crippen molar-refractivity contribution >= 4 is 23.9 Å². The molecule has 3 atom stereocenters. The van der Waals surface area contributed by atoms with Gasteiger partial charge in [-0.25, -0.2) is 9.79 Å². The van der Waals surface area contributed by atoms with Gasteiger partial charge in [-0.1, -0.05) is 87.9 Å². The van der Waals surface area contributed by atoms with Crippen LogP contribution in [0.5, 0.6) is 0 Å². The second-order valence-corrected chi connectivity index (χ2v) is 10.7. The van der Waals surface area contributed by atoms with Gasteiger partial charge in [-0.05, 0) is 42.7 Å². The molecule has 0 saturated carbocycles. The van der Waals surface area contributed by atoms with E-state index in [-0.39, 0.29) is 29.7 Å². The van der Waals surface area contributed by atoms with Gasteiger partial charge in [0.1, 0.15) is 6.04 Å². The number of amides is 3. The Morgan fingerprint density at radius 2 is 1.70 bits per heavy atom. The van der Waals surface area contributed by atoms with Crippen LogP contribution >= 0.6 is 0 Å². The first-order valence-electron chi connectivity index (χ1n) is 14.1. The van der Waals surface area contributed by atoms with Gasteiger partial charge in [0.25, 0.3) is 5.91 Å². The highest BCUT2D eigenvalue weighted by Crippen LogP contribution is 2.40. The number of carbonyl (C=O) groups excluding carboxylic acids is 3. The van der Waals surface area contributed by atoms with E-state index in [1.54, 1.807) is 4.90 Å². The normalized spacial score (nSPS) is 18.3. The maximum absolute atomic E-state index is 14.0. The second-order valence-electron chi connectivity index (χ2n) is 10.7. The van der Waals surface area contributed by atoms with E-state index in [1.165, 1.54) is 7.11 Å². The highest BCUT2D eigenvalue weighted by molar-refractivity contribution is 6.07. The SMILES string of the molecule is CCCC(CCCNC(=O)[C@H](Cc1ccccc1)NC(=O)OC)N1C(=O)[C@@](CC(C)C)(c2ccccc2)N=C1N. The summed E-state index contributed by atoms with van der Waals surface area (Å²) in [5.74, 6) is 0.113. The van der Waals surface area contributed by atoms with Crippen LogP contribution in [0.4, 0.5) is 4.79 Å². The molecule has 9 heteroatoms. The standard InChI is InChI=1S/C31H43N5O4/c1-5-13-25(36-28(38)31(21-22(2)3,35-29(36)32)24-16-10-7-11-17-24)18-12-19-33-27(37)26(34-30(39)40-4)20-23-14-8-6-9-15-23/h6-11,14-17,22,25-26H,5,12-13,18-21H2,1-4H3,(H2,32,35)(H,33,37)(H,34,39)/t25?,26-,31+/m0/s1. The Hall–Kier alpha value is -3.88. The summed E-state index contributed by atoms with van der Waals surface area (Å²) in [5, 5.41) is 5.56. The molecular weight excluding hydrogens is 506 g/mol. The Morgan fingerprint density at radius 3 is 2.30 bits per heavy atom.